The van der Waals surface area contributed by atoms with Crippen LogP contribution in [0.4, 0.5) is 0 Å². The monoisotopic (exact) mass is 480 g/mol. The van der Waals surface area contributed by atoms with Gasteiger partial charge < -0.3 is 9.84 Å². The summed E-state index contributed by atoms with van der Waals surface area (Å²) in [5, 5.41) is 14.2. The molecule has 1 fully saturated rings. The summed E-state index contributed by atoms with van der Waals surface area (Å²) in [6.07, 6.45) is 3.85. The van der Waals surface area contributed by atoms with Crippen LogP contribution in [-0.2, 0) is 16.1 Å². The zero-order valence-electron chi connectivity index (χ0n) is 19.2. The minimum Gasteiger partial charge on any atom is -0.480 e. The van der Waals surface area contributed by atoms with Gasteiger partial charge in [-0.2, -0.15) is 5.10 Å². The fourth-order valence-corrected chi connectivity index (χ4v) is 4.75. The lowest BCUT2D eigenvalue weighted by molar-refractivity contribution is -0.142. The maximum atomic E-state index is 13.1. The van der Waals surface area contributed by atoms with E-state index in [2.05, 4.69) is 0 Å². The Balaban J connectivity index is 1.56. The normalized spacial score (nSPS) is 18.1. The molecule has 1 saturated carbocycles. The average Bonchev–Trinajstić information content (AvgIpc) is 2.81. The molecule has 6 nitrogen and oxygen atoms in total. The third-order valence-corrected chi connectivity index (χ3v) is 6.67. The number of halogens is 1. The van der Waals surface area contributed by atoms with Crippen LogP contribution in [0.3, 0.4) is 0 Å². The van der Waals surface area contributed by atoms with E-state index in [1.807, 2.05) is 55.5 Å². The van der Waals surface area contributed by atoms with Gasteiger partial charge in [-0.1, -0.05) is 53.6 Å². The number of carboxylic acids is 1. The van der Waals surface area contributed by atoms with Gasteiger partial charge in [-0.15, -0.1) is 0 Å². The van der Waals surface area contributed by atoms with E-state index in [1.54, 1.807) is 10.7 Å². The van der Waals surface area contributed by atoms with Crippen LogP contribution in [0.5, 0.6) is 0 Å². The van der Waals surface area contributed by atoms with E-state index in [1.165, 1.54) is 0 Å². The molecule has 34 heavy (non-hydrogen) atoms. The molecule has 0 aliphatic heterocycles. The Hall–Kier alpha value is -2.96. The van der Waals surface area contributed by atoms with Gasteiger partial charge in [-0.05, 0) is 62.1 Å². The Labute approximate surface area is 204 Å². The van der Waals surface area contributed by atoms with Crippen molar-refractivity contribution in [2.75, 3.05) is 13.2 Å². The number of aromatic nitrogens is 2. The smallest absolute Gasteiger partial charge is 0.329 e. The van der Waals surface area contributed by atoms with Crippen molar-refractivity contribution in [3.63, 3.8) is 0 Å². The molecular formula is C27H29ClN2O4. The SMILES string of the molecule is Cc1ccc(-c2nn(C[C@H]3CC[C@@H](COCC(=O)O)CC3)c(=O)cc2-c2cccc(Cl)c2)cc1. The molecular weight excluding hydrogens is 452 g/mol. The Morgan fingerprint density at radius 1 is 1.06 bits per heavy atom. The number of carboxylic acid groups (broad SMARTS) is 1. The van der Waals surface area contributed by atoms with Crippen LogP contribution in [0, 0.1) is 18.8 Å². The first-order valence-corrected chi connectivity index (χ1v) is 12.0. The zero-order valence-corrected chi connectivity index (χ0v) is 20.0. The van der Waals surface area contributed by atoms with Crippen molar-refractivity contribution >= 4 is 17.6 Å². The molecule has 1 heterocycles. The molecule has 7 heteroatoms. The number of aliphatic carboxylic acids is 1. The van der Waals surface area contributed by atoms with Crippen LogP contribution in [0.1, 0.15) is 31.2 Å². The fourth-order valence-electron chi connectivity index (χ4n) is 4.56. The second kappa shape index (κ2) is 11.0. The van der Waals surface area contributed by atoms with E-state index in [4.69, 9.17) is 26.5 Å². The number of nitrogens with zero attached hydrogens (tertiary/aromatic N) is 2. The summed E-state index contributed by atoms with van der Waals surface area (Å²) in [5.74, 6) is -0.220. The number of rotatable bonds is 8. The first-order valence-electron chi connectivity index (χ1n) is 11.6. The van der Waals surface area contributed by atoms with Gasteiger partial charge in [-0.25, -0.2) is 9.48 Å². The largest absolute Gasteiger partial charge is 0.480 e. The van der Waals surface area contributed by atoms with Gasteiger partial charge >= 0.3 is 5.97 Å². The highest BCUT2D eigenvalue weighted by Crippen LogP contribution is 2.32. The number of benzene rings is 2. The van der Waals surface area contributed by atoms with Gasteiger partial charge in [0.25, 0.3) is 5.56 Å². The summed E-state index contributed by atoms with van der Waals surface area (Å²) in [4.78, 5) is 23.7. The molecule has 0 radical (unpaired) electrons. The summed E-state index contributed by atoms with van der Waals surface area (Å²) in [7, 11) is 0. The topological polar surface area (TPSA) is 81.4 Å². The molecule has 0 bridgehead atoms. The average molecular weight is 481 g/mol. The molecule has 0 amide bonds. The molecule has 3 aromatic rings. The van der Waals surface area contributed by atoms with Crippen molar-refractivity contribution in [2.24, 2.45) is 11.8 Å². The van der Waals surface area contributed by atoms with Gasteiger partial charge in [0.15, 0.2) is 0 Å². The van der Waals surface area contributed by atoms with Crippen molar-refractivity contribution < 1.29 is 14.6 Å². The van der Waals surface area contributed by atoms with E-state index in [0.29, 0.717) is 30.0 Å². The predicted molar refractivity (Wildman–Crippen MR) is 133 cm³/mol. The Morgan fingerprint density at radius 2 is 1.76 bits per heavy atom. The highest BCUT2D eigenvalue weighted by atomic mass is 35.5. The Bertz CT molecular complexity index is 1200. The first-order chi connectivity index (χ1) is 16.4. The van der Waals surface area contributed by atoms with E-state index in [-0.39, 0.29) is 12.2 Å². The second-order valence-corrected chi connectivity index (χ2v) is 9.54. The van der Waals surface area contributed by atoms with Crippen LogP contribution in [0.15, 0.2) is 59.4 Å². The molecule has 0 spiro atoms. The lowest BCUT2D eigenvalue weighted by Gasteiger charge is -2.28. The molecule has 1 aromatic heterocycles. The minimum absolute atomic E-state index is 0.127. The van der Waals surface area contributed by atoms with E-state index in [0.717, 1.165) is 53.6 Å². The van der Waals surface area contributed by atoms with Gasteiger partial charge in [-0.3, -0.25) is 4.79 Å². The third kappa shape index (κ3) is 6.13. The lowest BCUT2D eigenvalue weighted by atomic mass is 9.82. The summed E-state index contributed by atoms with van der Waals surface area (Å²) < 4.78 is 6.86. The van der Waals surface area contributed by atoms with Crippen LogP contribution in [-0.4, -0.2) is 34.1 Å². The summed E-state index contributed by atoms with van der Waals surface area (Å²) in [6, 6.07) is 17.3. The standard InChI is InChI=1S/C27H29ClN2O4/c1-18-5-11-21(12-6-18)27-24(22-3-2-4-23(28)13-22)14-25(31)30(29-27)15-19-7-9-20(10-8-19)16-34-17-26(32)33/h2-6,11-14,19-20H,7-10,15-17H2,1H3,(H,32,33)/t19-,20+. The maximum Gasteiger partial charge on any atom is 0.329 e. The number of carbonyl (C=O) groups is 1. The van der Waals surface area contributed by atoms with Crippen molar-refractivity contribution in [1.82, 2.24) is 9.78 Å². The number of hydrogen-bond acceptors (Lipinski definition) is 4. The predicted octanol–water partition coefficient (Wildman–Crippen LogP) is 5.45. The van der Waals surface area contributed by atoms with Crippen LogP contribution in [0.2, 0.25) is 5.02 Å². The highest BCUT2D eigenvalue weighted by molar-refractivity contribution is 6.30. The fraction of sp³-hybridized carbons (Fsp3) is 0.370. The molecule has 0 unspecified atom stereocenters. The molecule has 1 aliphatic rings. The van der Waals surface area contributed by atoms with Crippen LogP contribution >= 0.6 is 11.6 Å². The first kappa shape index (κ1) is 24.2. The second-order valence-electron chi connectivity index (χ2n) is 9.10. The van der Waals surface area contributed by atoms with Crippen LogP contribution < -0.4 is 5.56 Å². The van der Waals surface area contributed by atoms with E-state index >= 15 is 0 Å². The zero-order chi connectivity index (χ0) is 24.1. The van der Waals surface area contributed by atoms with Crippen molar-refractivity contribution in [2.45, 2.75) is 39.2 Å². The number of aryl methyl sites for hydroxylation is 1. The van der Waals surface area contributed by atoms with Crippen molar-refractivity contribution in [3.8, 4) is 22.4 Å². The molecule has 178 valence electrons. The molecule has 0 saturated heterocycles. The van der Waals surface area contributed by atoms with Gasteiger partial charge in [0.05, 0.1) is 12.3 Å². The quantitative estimate of drug-likeness (QED) is 0.463. The molecule has 1 aliphatic carbocycles. The van der Waals surface area contributed by atoms with Crippen molar-refractivity contribution in [1.29, 1.82) is 0 Å². The Morgan fingerprint density at radius 3 is 2.44 bits per heavy atom. The lowest BCUT2D eigenvalue weighted by Crippen LogP contribution is -2.29. The highest BCUT2D eigenvalue weighted by Gasteiger charge is 2.23. The minimum atomic E-state index is -0.940. The summed E-state index contributed by atoms with van der Waals surface area (Å²) in [6.45, 7) is 2.83. The van der Waals surface area contributed by atoms with Crippen molar-refractivity contribution in [3.05, 3.63) is 75.5 Å². The Kier molecular flexibility index (Phi) is 7.80. The third-order valence-electron chi connectivity index (χ3n) is 6.44. The maximum absolute atomic E-state index is 13.1. The van der Waals surface area contributed by atoms with Gasteiger partial charge in [0.2, 0.25) is 0 Å². The van der Waals surface area contributed by atoms with Gasteiger partial charge in [0, 0.05) is 28.8 Å². The molecule has 2 aromatic carbocycles. The van der Waals surface area contributed by atoms with Crippen LogP contribution in [0.25, 0.3) is 22.4 Å². The molecule has 0 atom stereocenters. The number of hydrogen-bond donors (Lipinski definition) is 1. The van der Waals surface area contributed by atoms with Gasteiger partial charge in [0.1, 0.15) is 6.61 Å². The summed E-state index contributed by atoms with van der Waals surface area (Å²) >= 11 is 6.23. The molecule has 4 rings (SSSR count). The van der Waals surface area contributed by atoms with E-state index in [9.17, 15) is 9.59 Å². The summed E-state index contributed by atoms with van der Waals surface area (Å²) in [5.41, 5.74) is 4.38. The van der Waals surface area contributed by atoms with E-state index < -0.39 is 5.97 Å². The molecule has 1 N–H and O–H groups in total. The number of ether oxygens (including phenoxy) is 1.